The zero-order chi connectivity index (χ0) is 14.5. The number of ether oxygens (including phenoxy) is 1. The Morgan fingerprint density at radius 1 is 1.50 bits per heavy atom. The van der Waals surface area contributed by atoms with E-state index in [0.29, 0.717) is 0 Å². The zero-order valence-corrected chi connectivity index (χ0v) is 13.2. The number of nitrogens with two attached hydrogens (primary N) is 1. The number of methoxy groups -OCH3 is 1. The average molecular weight is 339 g/mol. The van der Waals surface area contributed by atoms with Crippen LogP contribution in [-0.4, -0.2) is 16.9 Å². The normalized spacial score (nSPS) is 12.4. The molecule has 1 atom stereocenters. The van der Waals surface area contributed by atoms with E-state index < -0.39 is 0 Å². The molecule has 0 spiro atoms. The maximum absolute atomic E-state index is 5.71. The van der Waals surface area contributed by atoms with Crippen LogP contribution in [0, 0.1) is 0 Å². The van der Waals surface area contributed by atoms with Gasteiger partial charge in [0.1, 0.15) is 5.75 Å². The summed E-state index contributed by atoms with van der Waals surface area (Å²) in [7, 11) is 1.66. The summed E-state index contributed by atoms with van der Waals surface area (Å²) in [5.74, 6) is 6.52. The predicted molar refractivity (Wildman–Crippen MR) is 82.4 cm³/mol. The summed E-state index contributed by atoms with van der Waals surface area (Å²) in [4.78, 5) is 0. The summed E-state index contributed by atoms with van der Waals surface area (Å²) in [5, 5.41) is 4.28. The molecule has 2 aromatic rings. The number of nitrogens with zero attached hydrogens (tertiary/aromatic N) is 2. The van der Waals surface area contributed by atoms with E-state index in [9.17, 15) is 0 Å². The third kappa shape index (κ3) is 3.39. The van der Waals surface area contributed by atoms with Crippen molar-refractivity contribution in [2.45, 2.75) is 25.9 Å². The summed E-state index contributed by atoms with van der Waals surface area (Å²) >= 11 is 3.44. The first kappa shape index (κ1) is 15.0. The molecule has 0 saturated heterocycles. The Labute approximate surface area is 127 Å². The van der Waals surface area contributed by atoms with Gasteiger partial charge in [-0.3, -0.25) is 16.0 Å². The highest BCUT2D eigenvalue weighted by Crippen LogP contribution is 2.30. The van der Waals surface area contributed by atoms with Gasteiger partial charge >= 0.3 is 0 Å². The average Bonchev–Trinajstić information content (AvgIpc) is 2.92. The topological polar surface area (TPSA) is 65.1 Å². The quantitative estimate of drug-likeness (QED) is 0.627. The molecule has 20 heavy (non-hydrogen) atoms. The first-order chi connectivity index (χ1) is 9.67. The minimum absolute atomic E-state index is 0.0208. The van der Waals surface area contributed by atoms with E-state index in [0.717, 1.165) is 34.3 Å². The molecular weight excluding hydrogens is 320 g/mol. The van der Waals surface area contributed by atoms with Crippen LogP contribution in [0.1, 0.15) is 24.1 Å². The Balaban J connectivity index is 2.23. The summed E-state index contributed by atoms with van der Waals surface area (Å²) in [6.07, 6.45) is 4.67. The van der Waals surface area contributed by atoms with Crippen molar-refractivity contribution in [2.75, 3.05) is 7.11 Å². The highest BCUT2D eigenvalue weighted by molar-refractivity contribution is 9.10. The van der Waals surface area contributed by atoms with Gasteiger partial charge in [0.25, 0.3) is 0 Å². The number of aromatic nitrogens is 2. The largest absolute Gasteiger partial charge is 0.496 e. The van der Waals surface area contributed by atoms with Crippen LogP contribution in [0.15, 0.2) is 35.1 Å². The van der Waals surface area contributed by atoms with E-state index in [1.807, 2.05) is 35.3 Å². The standard InChI is InChI=1S/C14H19BrN4O/c1-3-19-9-10(8-17-19)6-13(18-16)12-5-4-11(15)7-14(12)20-2/h4-5,7-9,13,18H,3,6,16H2,1-2H3. The molecule has 5 nitrogen and oxygen atoms in total. The Hall–Kier alpha value is -1.37. The van der Waals surface area contributed by atoms with Gasteiger partial charge in [0.2, 0.25) is 0 Å². The Morgan fingerprint density at radius 3 is 2.90 bits per heavy atom. The van der Waals surface area contributed by atoms with Gasteiger partial charge in [0, 0.05) is 22.8 Å². The minimum atomic E-state index is -0.0208. The molecule has 0 aliphatic heterocycles. The second kappa shape index (κ2) is 6.88. The third-order valence-corrected chi connectivity index (χ3v) is 3.72. The summed E-state index contributed by atoms with van der Waals surface area (Å²) in [6, 6.07) is 5.91. The molecular formula is C14H19BrN4O. The fraction of sp³-hybridized carbons (Fsp3) is 0.357. The lowest BCUT2D eigenvalue weighted by Crippen LogP contribution is -2.29. The van der Waals surface area contributed by atoms with Crippen LogP contribution < -0.4 is 16.0 Å². The number of benzene rings is 1. The maximum Gasteiger partial charge on any atom is 0.124 e. The van der Waals surface area contributed by atoms with Gasteiger partial charge in [0.05, 0.1) is 19.3 Å². The number of rotatable bonds is 6. The maximum atomic E-state index is 5.71. The number of hydrogen-bond acceptors (Lipinski definition) is 4. The molecule has 2 rings (SSSR count). The molecule has 1 unspecified atom stereocenters. The highest BCUT2D eigenvalue weighted by atomic mass is 79.9. The SMILES string of the molecule is CCn1cc(CC(NN)c2ccc(Br)cc2OC)cn1. The van der Waals surface area contributed by atoms with Crippen LogP contribution in [-0.2, 0) is 13.0 Å². The molecule has 0 bridgehead atoms. The van der Waals surface area contributed by atoms with Crippen LogP contribution in [0.25, 0.3) is 0 Å². The van der Waals surface area contributed by atoms with Crippen LogP contribution in [0.5, 0.6) is 5.75 Å². The lowest BCUT2D eigenvalue weighted by Gasteiger charge is -2.18. The van der Waals surface area contributed by atoms with E-state index in [2.05, 4.69) is 33.4 Å². The summed E-state index contributed by atoms with van der Waals surface area (Å²) in [6.45, 7) is 2.93. The van der Waals surface area contributed by atoms with Crippen molar-refractivity contribution >= 4 is 15.9 Å². The third-order valence-electron chi connectivity index (χ3n) is 3.22. The Morgan fingerprint density at radius 2 is 2.30 bits per heavy atom. The van der Waals surface area contributed by atoms with Crippen molar-refractivity contribution in [3.05, 3.63) is 46.2 Å². The van der Waals surface area contributed by atoms with Crippen molar-refractivity contribution in [2.24, 2.45) is 5.84 Å². The monoisotopic (exact) mass is 338 g/mol. The molecule has 1 aromatic carbocycles. The van der Waals surface area contributed by atoms with Crippen LogP contribution in [0.4, 0.5) is 0 Å². The van der Waals surface area contributed by atoms with Gasteiger partial charge in [-0.25, -0.2) is 0 Å². The Kier molecular flexibility index (Phi) is 5.17. The molecule has 108 valence electrons. The number of aryl methyl sites for hydroxylation is 1. The number of hydrazine groups is 1. The fourth-order valence-electron chi connectivity index (χ4n) is 2.15. The zero-order valence-electron chi connectivity index (χ0n) is 11.6. The second-order valence-electron chi connectivity index (χ2n) is 4.51. The number of halogens is 1. The predicted octanol–water partition coefficient (Wildman–Crippen LogP) is 2.42. The lowest BCUT2D eigenvalue weighted by molar-refractivity contribution is 0.398. The van der Waals surface area contributed by atoms with Crippen LogP contribution in [0.2, 0.25) is 0 Å². The van der Waals surface area contributed by atoms with Crippen molar-refractivity contribution in [3.63, 3.8) is 0 Å². The molecule has 0 radical (unpaired) electrons. The van der Waals surface area contributed by atoms with Gasteiger partial charge in [-0.05, 0) is 31.0 Å². The molecule has 0 aliphatic carbocycles. The first-order valence-electron chi connectivity index (χ1n) is 6.48. The molecule has 0 amide bonds. The Bertz CT molecular complexity index is 570. The summed E-state index contributed by atoms with van der Waals surface area (Å²) < 4.78 is 8.31. The van der Waals surface area contributed by atoms with E-state index in [-0.39, 0.29) is 6.04 Å². The van der Waals surface area contributed by atoms with Crippen molar-refractivity contribution in [3.8, 4) is 5.75 Å². The molecule has 0 saturated carbocycles. The van der Waals surface area contributed by atoms with Gasteiger partial charge in [-0.15, -0.1) is 0 Å². The molecule has 1 heterocycles. The van der Waals surface area contributed by atoms with Gasteiger partial charge in [0.15, 0.2) is 0 Å². The van der Waals surface area contributed by atoms with Crippen molar-refractivity contribution in [1.29, 1.82) is 0 Å². The number of hydrogen-bond donors (Lipinski definition) is 2. The van der Waals surface area contributed by atoms with E-state index in [1.54, 1.807) is 7.11 Å². The van der Waals surface area contributed by atoms with Crippen LogP contribution in [0.3, 0.4) is 0 Å². The first-order valence-corrected chi connectivity index (χ1v) is 7.28. The molecule has 6 heteroatoms. The minimum Gasteiger partial charge on any atom is -0.496 e. The molecule has 0 fully saturated rings. The number of nitrogens with one attached hydrogen (secondary N) is 1. The fourth-order valence-corrected chi connectivity index (χ4v) is 2.49. The van der Waals surface area contributed by atoms with Gasteiger partial charge in [-0.1, -0.05) is 22.0 Å². The summed E-state index contributed by atoms with van der Waals surface area (Å²) in [5.41, 5.74) is 5.02. The van der Waals surface area contributed by atoms with Gasteiger partial charge in [-0.2, -0.15) is 5.10 Å². The highest BCUT2D eigenvalue weighted by Gasteiger charge is 2.16. The second-order valence-corrected chi connectivity index (χ2v) is 5.43. The van der Waals surface area contributed by atoms with E-state index in [1.165, 1.54) is 0 Å². The smallest absolute Gasteiger partial charge is 0.124 e. The van der Waals surface area contributed by atoms with Crippen molar-refractivity contribution < 1.29 is 4.74 Å². The molecule has 1 aromatic heterocycles. The van der Waals surface area contributed by atoms with Crippen molar-refractivity contribution in [1.82, 2.24) is 15.2 Å². The van der Waals surface area contributed by atoms with Crippen LogP contribution >= 0.6 is 15.9 Å². The lowest BCUT2D eigenvalue weighted by atomic mass is 10.0. The molecule has 3 N–H and O–H groups in total. The van der Waals surface area contributed by atoms with Gasteiger partial charge < -0.3 is 4.74 Å². The van der Waals surface area contributed by atoms with E-state index in [4.69, 9.17) is 10.6 Å². The molecule has 0 aliphatic rings. The van der Waals surface area contributed by atoms with E-state index >= 15 is 0 Å².